The van der Waals surface area contributed by atoms with E-state index < -0.39 is 11.4 Å². The highest BCUT2D eigenvalue weighted by Crippen LogP contribution is 2.47. The molecule has 0 bridgehead atoms. The van der Waals surface area contributed by atoms with Gasteiger partial charge in [0.25, 0.3) is 0 Å². The Morgan fingerprint density at radius 2 is 1.55 bits per heavy atom. The van der Waals surface area contributed by atoms with E-state index in [0.29, 0.717) is 18.9 Å². The molecule has 2 heterocycles. The van der Waals surface area contributed by atoms with E-state index in [0.717, 1.165) is 25.9 Å². The van der Waals surface area contributed by atoms with Crippen LogP contribution >= 0.6 is 0 Å². The normalized spacial score (nSPS) is 27.3. The van der Waals surface area contributed by atoms with Crippen LogP contribution in [0.4, 0.5) is 0 Å². The minimum Gasteiger partial charge on any atom is -0.480 e. The average Bonchev–Trinajstić information content (AvgIpc) is 3.29. The molecule has 2 saturated heterocycles. The molecule has 0 spiro atoms. The van der Waals surface area contributed by atoms with Crippen LogP contribution in [0, 0.1) is 5.41 Å². The lowest BCUT2D eigenvalue weighted by Gasteiger charge is -2.40. The van der Waals surface area contributed by atoms with Crippen molar-refractivity contribution in [1.29, 1.82) is 0 Å². The molecule has 0 aromatic heterocycles. The third-order valence-corrected chi connectivity index (χ3v) is 5.23. The molecule has 0 aromatic carbocycles. The van der Waals surface area contributed by atoms with Gasteiger partial charge in [0.2, 0.25) is 5.91 Å². The summed E-state index contributed by atoms with van der Waals surface area (Å²) in [7, 11) is 0. The average molecular weight is 280 g/mol. The Kier molecular flexibility index (Phi) is 3.71. The van der Waals surface area contributed by atoms with Gasteiger partial charge in [-0.25, -0.2) is 0 Å². The van der Waals surface area contributed by atoms with E-state index in [1.807, 2.05) is 0 Å². The summed E-state index contributed by atoms with van der Waals surface area (Å²) in [5, 5.41) is 9.20. The Morgan fingerprint density at radius 1 is 0.950 bits per heavy atom. The van der Waals surface area contributed by atoms with Crippen LogP contribution in [0.25, 0.3) is 0 Å². The van der Waals surface area contributed by atoms with E-state index in [1.165, 1.54) is 32.4 Å². The molecule has 3 aliphatic rings. The predicted octanol–water partition coefficient (Wildman–Crippen LogP) is 1.33. The van der Waals surface area contributed by atoms with Gasteiger partial charge in [-0.1, -0.05) is 6.42 Å². The number of aliphatic carboxylic acids is 1. The SMILES string of the molecule is O=C(O)C1(C(=O)N2CCC(N3CCCCC3)CC2)CC1. The standard InChI is InChI=1S/C15H24N2O3/c18-13(15(6-7-15)14(19)20)17-10-4-12(5-11-17)16-8-2-1-3-9-16/h12H,1-11H2,(H,19,20). The van der Waals surface area contributed by atoms with Gasteiger partial charge in [0.1, 0.15) is 5.41 Å². The molecule has 5 nitrogen and oxygen atoms in total. The maximum atomic E-state index is 12.3. The Labute approximate surface area is 119 Å². The quantitative estimate of drug-likeness (QED) is 0.792. The van der Waals surface area contributed by atoms with Crippen LogP contribution in [-0.4, -0.2) is 59.0 Å². The zero-order valence-electron chi connectivity index (χ0n) is 12.0. The zero-order chi connectivity index (χ0) is 14.2. The highest BCUT2D eigenvalue weighted by atomic mass is 16.4. The molecule has 0 radical (unpaired) electrons. The van der Waals surface area contributed by atoms with Crippen molar-refractivity contribution in [2.75, 3.05) is 26.2 Å². The topological polar surface area (TPSA) is 60.9 Å². The summed E-state index contributed by atoms with van der Waals surface area (Å²) >= 11 is 0. The molecule has 0 atom stereocenters. The lowest BCUT2D eigenvalue weighted by atomic mass is 9.97. The minimum absolute atomic E-state index is 0.137. The molecule has 0 aromatic rings. The summed E-state index contributed by atoms with van der Waals surface area (Å²) in [6.07, 6.45) is 6.97. The van der Waals surface area contributed by atoms with Crippen LogP contribution in [0.2, 0.25) is 0 Å². The number of carboxylic acid groups (broad SMARTS) is 1. The number of piperidine rings is 2. The largest absolute Gasteiger partial charge is 0.480 e. The number of amides is 1. The van der Waals surface area contributed by atoms with Crippen molar-refractivity contribution in [2.24, 2.45) is 5.41 Å². The molecule has 3 fully saturated rings. The van der Waals surface area contributed by atoms with Gasteiger partial charge in [-0.05, 0) is 51.6 Å². The van der Waals surface area contributed by atoms with Gasteiger partial charge in [-0.15, -0.1) is 0 Å². The second-order valence-electron chi connectivity index (χ2n) is 6.51. The van der Waals surface area contributed by atoms with Gasteiger partial charge in [0.15, 0.2) is 0 Å². The number of rotatable bonds is 3. The number of likely N-dealkylation sites (tertiary alicyclic amines) is 2. The maximum Gasteiger partial charge on any atom is 0.319 e. The summed E-state index contributed by atoms with van der Waals surface area (Å²) in [6.45, 7) is 3.85. The molecular formula is C15H24N2O3. The van der Waals surface area contributed by atoms with Crippen molar-refractivity contribution in [1.82, 2.24) is 9.80 Å². The predicted molar refractivity (Wildman–Crippen MR) is 74.3 cm³/mol. The van der Waals surface area contributed by atoms with E-state index in [2.05, 4.69) is 4.90 Å². The van der Waals surface area contributed by atoms with Crippen LogP contribution in [0.5, 0.6) is 0 Å². The molecule has 0 unspecified atom stereocenters. The first-order chi connectivity index (χ1) is 9.63. The first-order valence-electron chi connectivity index (χ1n) is 7.90. The van der Waals surface area contributed by atoms with Crippen LogP contribution < -0.4 is 0 Å². The van der Waals surface area contributed by atoms with Crippen LogP contribution in [0.3, 0.4) is 0 Å². The van der Waals surface area contributed by atoms with Gasteiger partial charge in [0, 0.05) is 19.1 Å². The summed E-state index contributed by atoms with van der Waals surface area (Å²) in [5.74, 6) is -1.07. The van der Waals surface area contributed by atoms with E-state index in [9.17, 15) is 14.7 Å². The monoisotopic (exact) mass is 280 g/mol. The molecule has 1 N–H and O–H groups in total. The smallest absolute Gasteiger partial charge is 0.319 e. The van der Waals surface area contributed by atoms with Gasteiger partial charge >= 0.3 is 5.97 Å². The Hall–Kier alpha value is -1.10. The van der Waals surface area contributed by atoms with Crippen molar-refractivity contribution >= 4 is 11.9 Å². The van der Waals surface area contributed by atoms with E-state index in [1.54, 1.807) is 4.90 Å². The molecule has 1 aliphatic carbocycles. The van der Waals surface area contributed by atoms with Crippen LogP contribution in [0.15, 0.2) is 0 Å². The molecule has 1 saturated carbocycles. The van der Waals surface area contributed by atoms with Crippen molar-refractivity contribution in [3.05, 3.63) is 0 Å². The molecule has 112 valence electrons. The minimum atomic E-state index is -1.06. The van der Waals surface area contributed by atoms with Crippen molar-refractivity contribution in [2.45, 2.75) is 51.0 Å². The number of carboxylic acids is 1. The fourth-order valence-electron chi connectivity index (χ4n) is 3.66. The van der Waals surface area contributed by atoms with Gasteiger partial charge in [-0.2, -0.15) is 0 Å². The summed E-state index contributed by atoms with van der Waals surface area (Å²) in [4.78, 5) is 27.9. The molecule has 1 amide bonds. The number of hydrogen-bond donors (Lipinski definition) is 1. The van der Waals surface area contributed by atoms with E-state index in [-0.39, 0.29) is 5.91 Å². The second kappa shape index (κ2) is 5.35. The van der Waals surface area contributed by atoms with Gasteiger partial charge in [0.05, 0.1) is 0 Å². The van der Waals surface area contributed by atoms with Crippen molar-refractivity contribution < 1.29 is 14.7 Å². The maximum absolute atomic E-state index is 12.3. The summed E-state index contributed by atoms with van der Waals surface area (Å²) in [5.41, 5.74) is -1.06. The summed E-state index contributed by atoms with van der Waals surface area (Å²) in [6, 6.07) is 0.597. The van der Waals surface area contributed by atoms with Gasteiger partial charge < -0.3 is 14.9 Å². The fraction of sp³-hybridized carbons (Fsp3) is 0.867. The highest BCUT2D eigenvalue weighted by molar-refractivity contribution is 6.04. The second-order valence-corrected chi connectivity index (χ2v) is 6.51. The van der Waals surface area contributed by atoms with Crippen LogP contribution in [-0.2, 0) is 9.59 Å². The molecule has 3 rings (SSSR count). The lowest BCUT2D eigenvalue weighted by molar-refractivity contribution is -0.154. The third-order valence-electron chi connectivity index (χ3n) is 5.23. The van der Waals surface area contributed by atoms with Crippen molar-refractivity contribution in [3.63, 3.8) is 0 Å². The molecule has 20 heavy (non-hydrogen) atoms. The first-order valence-corrected chi connectivity index (χ1v) is 7.90. The number of nitrogens with zero attached hydrogens (tertiary/aromatic N) is 2. The van der Waals surface area contributed by atoms with Crippen molar-refractivity contribution in [3.8, 4) is 0 Å². The zero-order valence-corrected chi connectivity index (χ0v) is 12.0. The Bertz CT molecular complexity index is 392. The number of carbonyl (C=O) groups is 2. The third kappa shape index (κ3) is 2.43. The number of hydrogen-bond acceptors (Lipinski definition) is 3. The van der Waals surface area contributed by atoms with Gasteiger partial charge in [-0.3, -0.25) is 9.59 Å². The lowest BCUT2D eigenvalue weighted by Crippen LogP contribution is -2.50. The van der Waals surface area contributed by atoms with E-state index >= 15 is 0 Å². The van der Waals surface area contributed by atoms with E-state index in [4.69, 9.17) is 0 Å². The first kappa shape index (κ1) is 13.9. The molecule has 2 aliphatic heterocycles. The number of carbonyl (C=O) groups excluding carboxylic acids is 1. The Morgan fingerprint density at radius 3 is 2.05 bits per heavy atom. The fourth-order valence-corrected chi connectivity index (χ4v) is 3.66. The molecule has 5 heteroatoms. The molecular weight excluding hydrogens is 256 g/mol. The van der Waals surface area contributed by atoms with Crippen LogP contribution in [0.1, 0.15) is 44.9 Å². The Balaban J connectivity index is 1.53. The highest BCUT2D eigenvalue weighted by Gasteiger charge is 2.58. The summed E-state index contributed by atoms with van der Waals surface area (Å²) < 4.78 is 0.